The Morgan fingerprint density at radius 3 is 2.23 bits per heavy atom. The van der Waals surface area contributed by atoms with Crippen molar-refractivity contribution in [1.29, 1.82) is 0 Å². The Kier molecular flexibility index (Phi) is 5.59. The van der Waals surface area contributed by atoms with E-state index in [-0.39, 0.29) is 4.21 Å². The molecule has 0 spiro atoms. The van der Waals surface area contributed by atoms with Gasteiger partial charge in [0.05, 0.1) is 16.2 Å². The summed E-state index contributed by atoms with van der Waals surface area (Å²) in [5.74, 6) is 0. The second-order valence-corrected chi connectivity index (χ2v) is 9.69. The highest BCUT2D eigenvalue weighted by atomic mass is 32.2. The van der Waals surface area contributed by atoms with Crippen molar-refractivity contribution in [2.45, 2.75) is 36.8 Å². The van der Waals surface area contributed by atoms with E-state index in [4.69, 9.17) is 5.14 Å². The van der Waals surface area contributed by atoms with Crippen LogP contribution in [0.25, 0.3) is 9.40 Å². The SMILES string of the molecule is CC(O)CN(Cc1cc2cc(S(N)(=O)=O)sc2s1)CC(C)O. The lowest BCUT2D eigenvalue weighted by Gasteiger charge is -2.24. The van der Waals surface area contributed by atoms with Crippen LogP contribution in [0.1, 0.15) is 18.7 Å². The molecular weight excluding hydrogens is 344 g/mol. The van der Waals surface area contributed by atoms with Gasteiger partial charge in [-0.25, -0.2) is 13.6 Å². The van der Waals surface area contributed by atoms with Crippen molar-refractivity contribution in [3.63, 3.8) is 0 Å². The van der Waals surface area contributed by atoms with E-state index in [1.165, 1.54) is 22.7 Å². The van der Waals surface area contributed by atoms with Crippen molar-refractivity contribution in [2.75, 3.05) is 13.1 Å². The van der Waals surface area contributed by atoms with Crippen molar-refractivity contribution < 1.29 is 18.6 Å². The summed E-state index contributed by atoms with van der Waals surface area (Å²) in [5.41, 5.74) is 0. The van der Waals surface area contributed by atoms with Gasteiger partial charge in [-0.2, -0.15) is 0 Å². The molecule has 0 radical (unpaired) electrons. The van der Waals surface area contributed by atoms with Crippen LogP contribution >= 0.6 is 22.7 Å². The van der Waals surface area contributed by atoms with Crippen LogP contribution in [-0.2, 0) is 16.6 Å². The van der Waals surface area contributed by atoms with Crippen LogP contribution in [-0.4, -0.2) is 48.8 Å². The molecular formula is C13H20N2O4S3. The molecule has 2 unspecified atom stereocenters. The molecule has 0 aliphatic heterocycles. The topological polar surface area (TPSA) is 104 Å². The van der Waals surface area contributed by atoms with Crippen molar-refractivity contribution in [3.05, 3.63) is 17.0 Å². The van der Waals surface area contributed by atoms with Crippen LogP contribution in [0.2, 0.25) is 0 Å². The number of nitrogens with zero attached hydrogens (tertiary/aromatic N) is 1. The maximum atomic E-state index is 11.3. The van der Waals surface area contributed by atoms with Gasteiger partial charge < -0.3 is 10.2 Å². The van der Waals surface area contributed by atoms with E-state index in [0.717, 1.165) is 14.3 Å². The zero-order valence-corrected chi connectivity index (χ0v) is 14.8. The van der Waals surface area contributed by atoms with Gasteiger partial charge in [0.1, 0.15) is 4.21 Å². The number of rotatable bonds is 7. The third-order valence-electron chi connectivity index (χ3n) is 2.95. The van der Waals surface area contributed by atoms with Gasteiger partial charge in [0, 0.05) is 29.9 Å². The number of aliphatic hydroxyl groups excluding tert-OH is 2. The number of hydrogen-bond donors (Lipinski definition) is 3. The Bertz CT molecular complexity index is 692. The van der Waals surface area contributed by atoms with Crippen LogP contribution in [0.4, 0.5) is 0 Å². The minimum atomic E-state index is -3.65. The largest absolute Gasteiger partial charge is 0.392 e. The molecule has 22 heavy (non-hydrogen) atoms. The Labute approximate surface area is 137 Å². The van der Waals surface area contributed by atoms with Gasteiger partial charge in [0.25, 0.3) is 0 Å². The summed E-state index contributed by atoms with van der Waals surface area (Å²) in [6.07, 6.45) is -0.956. The summed E-state index contributed by atoms with van der Waals surface area (Å²) < 4.78 is 23.8. The lowest BCUT2D eigenvalue weighted by Crippen LogP contribution is -2.35. The monoisotopic (exact) mass is 364 g/mol. The average molecular weight is 365 g/mol. The molecule has 2 aromatic heterocycles. The van der Waals surface area contributed by atoms with Crippen LogP contribution in [0, 0.1) is 0 Å². The first-order valence-electron chi connectivity index (χ1n) is 6.78. The van der Waals surface area contributed by atoms with Gasteiger partial charge >= 0.3 is 0 Å². The van der Waals surface area contributed by atoms with Gasteiger partial charge in [-0.1, -0.05) is 0 Å². The third-order valence-corrected chi connectivity index (χ3v) is 6.74. The highest BCUT2D eigenvalue weighted by Crippen LogP contribution is 2.35. The summed E-state index contributed by atoms with van der Waals surface area (Å²) in [7, 11) is -3.65. The molecule has 2 aromatic rings. The lowest BCUT2D eigenvalue weighted by atomic mass is 10.3. The van der Waals surface area contributed by atoms with E-state index in [0.29, 0.717) is 19.6 Å². The molecule has 4 N–H and O–H groups in total. The number of thiophene rings is 2. The molecule has 0 aliphatic carbocycles. The van der Waals surface area contributed by atoms with Crippen LogP contribution in [0.15, 0.2) is 16.3 Å². The zero-order valence-electron chi connectivity index (χ0n) is 12.4. The summed E-state index contributed by atoms with van der Waals surface area (Å²) in [4.78, 5) is 3.04. The van der Waals surface area contributed by atoms with E-state index in [1.54, 1.807) is 19.9 Å². The van der Waals surface area contributed by atoms with E-state index in [9.17, 15) is 18.6 Å². The summed E-state index contributed by atoms with van der Waals surface area (Å²) in [6.45, 7) is 4.96. The second-order valence-electron chi connectivity index (χ2n) is 5.46. The molecule has 0 saturated heterocycles. The summed E-state index contributed by atoms with van der Waals surface area (Å²) in [5, 5.41) is 25.1. The van der Waals surface area contributed by atoms with Crippen molar-refractivity contribution in [1.82, 2.24) is 4.90 Å². The van der Waals surface area contributed by atoms with Crippen LogP contribution < -0.4 is 5.14 Å². The number of nitrogens with two attached hydrogens (primary N) is 1. The first-order valence-corrected chi connectivity index (χ1v) is 9.96. The van der Waals surface area contributed by atoms with Gasteiger partial charge in [0.2, 0.25) is 10.0 Å². The molecule has 0 amide bonds. The van der Waals surface area contributed by atoms with Gasteiger partial charge in [-0.15, -0.1) is 22.7 Å². The van der Waals surface area contributed by atoms with Gasteiger partial charge in [-0.3, -0.25) is 4.90 Å². The number of primary sulfonamides is 1. The molecule has 124 valence electrons. The fourth-order valence-electron chi connectivity index (χ4n) is 2.26. The molecule has 0 aliphatic rings. The maximum absolute atomic E-state index is 11.3. The maximum Gasteiger partial charge on any atom is 0.247 e. The van der Waals surface area contributed by atoms with E-state index < -0.39 is 22.2 Å². The van der Waals surface area contributed by atoms with E-state index in [1.807, 2.05) is 11.0 Å². The second kappa shape index (κ2) is 6.91. The Hall–Kier alpha value is -0.550. The minimum absolute atomic E-state index is 0.171. The van der Waals surface area contributed by atoms with Crippen molar-refractivity contribution in [3.8, 4) is 0 Å². The fourth-order valence-corrected chi connectivity index (χ4v) is 5.69. The molecule has 2 rings (SSSR count). The Morgan fingerprint density at radius 1 is 1.18 bits per heavy atom. The number of fused-ring (bicyclic) bond motifs is 1. The highest BCUT2D eigenvalue weighted by molar-refractivity contribution is 7.91. The van der Waals surface area contributed by atoms with Gasteiger partial charge in [0.15, 0.2) is 0 Å². The fraction of sp³-hybridized carbons (Fsp3) is 0.538. The Balaban J connectivity index is 2.17. The molecule has 6 nitrogen and oxygen atoms in total. The Morgan fingerprint density at radius 2 is 1.77 bits per heavy atom. The first-order chi connectivity index (χ1) is 10.1. The molecule has 0 saturated carbocycles. The number of hydrogen-bond acceptors (Lipinski definition) is 7. The summed E-state index contributed by atoms with van der Waals surface area (Å²) in [6, 6.07) is 3.52. The molecule has 0 fully saturated rings. The quantitative estimate of drug-likeness (QED) is 0.684. The number of sulfonamides is 1. The molecule has 2 atom stereocenters. The molecule has 9 heteroatoms. The molecule has 0 aromatic carbocycles. The first kappa shape index (κ1) is 17.8. The predicted molar refractivity (Wildman–Crippen MR) is 89.7 cm³/mol. The van der Waals surface area contributed by atoms with Crippen molar-refractivity contribution in [2.24, 2.45) is 5.14 Å². The number of aliphatic hydroxyl groups is 2. The smallest absolute Gasteiger partial charge is 0.247 e. The minimum Gasteiger partial charge on any atom is -0.392 e. The predicted octanol–water partition coefficient (Wildman–Crippen LogP) is 1.17. The third kappa shape index (κ3) is 4.72. The van der Waals surface area contributed by atoms with Crippen molar-refractivity contribution >= 4 is 42.1 Å². The van der Waals surface area contributed by atoms with Gasteiger partial charge in [-0.05, 0) is 26.0 Å². The lowest BCUT2D eigenvalue weighted by molar-refractivity contribution is 0.0800. The van der Waals surface area contributed by atoms with E-state index in [2.05, 4.69) is 0 Å². The van der Waals surface area contributed by atoms with E-state index >= 15 is 0 Å². The normalized spacial score (nSPS) is 15.5. The molecule has 0 bridgehead atoms. The highest BCUT2D eigenvalue weighted by Gasteiger charge is 2.17. The zero-order chi connectivity index (χ0) is 16.5. The standard InChI is InChI=1S/C13H20N2O4S3/c1-8(16)5-15(6-9(2)17)7-11-3-10-4-12(22(14,18)19)21-13(10)20-11/h3-4,8-9,16-17H,5-7H2,1-2H3,(H2,14,18,19). The summed E-state index contributed by atoms with van der Waals surface area (Å²) >= 11 is 2.68. The van der Waals surface area contributed by atoms with Crippen LogP contribution in [0.3, 0.4) is 0 Å². The van der Waals surface area contributed by atoms with Crippen LogP contribution in [0.5, 0.6) is 0 Å². The molecule has 2 heterocycles. The average Bonchev–Trinajstić information content (AvgIpc) is 2.83.